The molecular formula is C24H27N5O3. The predicted molar refractivity (Wildman–Crippen MR) is 124 cm³/mol. The largest absolute Gasteiger partial charge is 0.710 e. The SMILES string of the molecule is CCCCc1nc2c(N)[n+]([O-])c3cc(C(=O)OC)ccc3c2n1Cc1ccc(CN)cc1. The first kappa shape index (κ1) is 21.6. The average molecular weight is 434 g/mol. The fraction of sp³-hybridized carbons (Fsp3) is 0.292. The molecule has 0 bridgehead atoms. The first-order chi connectivity index (χ1) is 15.5. The normalized spacial score (nSPS) is 11.3. The number of carbonyl (C=O) groups is 1. The van der Waals surface area contributed by atoms with Crippen molar-refractivity contribution in [2.24, 2.45) is 5.73 Å². The highest BCUT2D eigenvalue weighted by molar-refractivity contribution is 6.06. The van der Waals surface area contributed by atoms with Crippen LogP contribution in [0.25, 0.3) is 21.9 Å². The molecule has 4 N–H and O–H groups in total. The van der Waals surface area contributed by atoms with E-state index in [1.807, 2.05) is 12.1 Å². The molecule has 32 heavy (non-hydrogen) atoms. The zero-order valence-corrected chi connectivity index (χ0v) is 18.3. The van der Waals surface area contributed by atoms with Crippen LogP contribution in [0.15, 0.2) is 42.5 Å². The van der Waals surface area contributed by atoms with Crippen molar-refractivity contribution in [3.63, 3.8) is 0 Å². The third-order valence-electron chi connectivity index (χ3n) is 5.75. The number of hydrogen-bond donors (Lipinski definition) is 2. The van der Waals surface area contributed by atoms with Gasteiger partial charge in [0.1, 0.15) is 11.3 Å². The Hall–Kier alpha value is -3.65. The summed E-state index contributed by atoms with van der Waals surface area (Å²) >= 11 is 0. The number of methoxy groups -OCH3 is 1. The topological polar surface area (TPSA) is 123 Å². The zero-order valence-electron chi connectivity index (χ0n) is 18.3. The minimum Gasteiger partial charge on any atom is -0.710 e. The minimum absolute atomic E-state index is 0.0180. The molecule has 166 valence electrons. The third kappa shape index (κ3) is 3.73. The summed E-state index contributed by atoms with van der Waals surface area (Å²) in [6.45, 7) is 3.20. The van der Waals surface area contributed by atoms with E-state index >= 15 is 0 Å². The number of benzene rings is 2. The Kier molecular flexibility index (Phi) is 5.96. The maximum Gasteiger partial charge on any atom is 0.338 e. The van der Waals surface area contributed by atoms with Crippen LogP contribution in [0, 0.1) is 5.21 Å². The first-order valence-corrected chi connectivity index (χ1v) is 10.7. The molecule has 0 spiro atoms. The van der Waals surface area contributed by atoms with E-state index in [1.165, 1.54) is 13.2 Å². The molecule has 2 heterocycles. The molecular weight excluding hydrogens is 406 g/mol. The highest BCUT2D eigenvalue weighted by Crippen LogP contribution is 2.30. The molecule has 0 saturated carbocycles. The van der Waals surface area contributed by atoms with Crippen molar-refractivity contribution in [2.75, 3.05) is 12.8 Å². The van der Waals surface area contributed by atoms with Crippen LogP contribution < -0.4 is 16.2 Å². The lowest BCUT2D eigenvalue weighted by Crippen LogP contribution is -2.32. The number of aryl methyl sites for hydroxylation is 1. The number of esters is 1. The Morgan fingerprint density at radius 2 is 1.91 bits per heavy atom. The number of carbonyl (C=O) groups excluding carboxylic acids is 1. The van der Waals surface area contributed by atoms with Crippen LogP contribution in [0.2, 0.25) is 0 Å². The number of nitrogens with zero attached hydrogens (tertiary/aromatic N) is 3. The number of pyridine rings is 1. The van der Waals surface area contributed by atoms with Crippen molar-refractivity contribution in [2.45, 2.75) is 39.3 Å². The van der Waals surface area contributed by atoms with Gasteiger partial charge in [-0.05, 0) is 29.7 Å². The van der Waals surface area contributed by atoms with Crippen molar-refractivity contribution >= 4 is 33.7 Å². The van der Waals surface area contributed by atoms with Crippen molar-refractivity contribution < 1.29 is 14.3 Å². The molecule has 0 radical (unpaired) electrons. The molecule has 2 aromatic heterocycles. The van der Waals surface area contributed by atoms with Gasteiger partial charge in [-0.3, -0.25) is 5.73 Å². The molecule has 4 aromatic rings. The van der Waals surface area contributed by atoms with Gasteiger partial charge in [0, 0.05) is 31.0 Å². The van der Waals surface area contributed by atoms with Crippen LogP contribution in [-0.4, -0.2) is 22.6 Å². The Labute approximate surface area is 186 Å². The summed E-state index contributed by atoms with van der Waals surface area (Å²) in [6, 6.07) is 13.1. The second-order valence-corrected chi connectivity index (χ2v) is 7.84. The molecule has 0 aliphatic carbocycles. The molecule has 0 fully saturated rings. The van der Waals surface area contributed by atoms with Gasteiger partial charge in [0.05, 0.1) is 18.2 Å². The Balaban J connectivity index is 1.96. The minimum atomic E-state index is -0.511. The third-order valence-corrected chi connectivity index (χ3v) is 5.75. The van der Waals surface area contributed by atoms with Crippen molar-refractivity contribution in [1.82, 2.24) is 9.55 Å². The average Bonchev–Trinajstić information content (AvgIpc) is 3.18. The molecule has 0 unspecified atom stereocenters. The van der Waals surface area contributed by atoms with E-state index in [2.05, 4.69) is 23.6 Å². The molecule has 2 aromatic carbocycles. The number of fused-ring (bicyclic) bond motifs is 3. The second kappa shape index (κ2) is 8.84. The predicted octanol–water partition coefficient (Wildman–Crippen LogP) is 3.04. The molecule has 4 rings (SSSR count). The number of hydrogen-bond acceptors (Lipinski definition) is 6. The van der Waals surface area contributed by atoms with Gasteiger partial charge in [0.15, 0.2) is 5.52 Å². The maximum atomic E-state index is 12.9. The van der Waals surface area contributed by atoms with Gasteiger partial charge in [0.25, 0.3) is 0 Å². The fourth-order valence-electron chi connectivity index (χ4n) is 3.98. The lowest BCUT2D eigenvalue weighted by molar-refractivity contribution is -0.559. The van der Waals surface area contributed by atoms with Crippen molar-refractivity contribution in [1.29, 1.82) is 0 Å². The van der Waals surface area contributed by atoms with Gasteiger partial charge >= 0.3 is 11.8 Å². The summed E-state index contributed by atoms with van der Waals surface area (Å²) in [5, 5.41) is 13.6. The Bertz CT molecular complexity index is 1300. The van der Waals surface area contributed by atoms with Gasteiger partial charge < -0.3 is 20.2 Å². The van der Waals surface area contributed by atoms with Crippen LogP contribution in [0.3, 0.4) is 0 Å². The van der Waals surface area contributed by atoms with E-state index in [9.17, 15) is 10.0 Å². The highest BCUT2D eigenvalue weighted by Gasteiger charge is 2.22. The van der Waals surface area contributed by atoms with E-state index in [1.54, 1.807) is 12.1 Å². The van der Waals surface area contributed by atoms with Crippen LogP contribution >= 0.6 is 0 Å². The van der Waals surface area contributed by atoms with Crippen molar-refractivity contribution in [3.05, 3.63) is 70.2 Å². The summed E-state index contributed by atoms with van der Waals surface area (Å²) in [7, 11) is 1.31. The molecule has 8 nitrogen and oxygen atoms in total. The van der Waals surface area contributed by atoms with Crippen LogP contribution in [0.5, 0.6) is 0 Å². The number of rotatable bonds is 7. The van der Waals surface area contributed by atoms with Gasteiger partial charge in [-0.15, -0.1) is 0 Å². The lowest BCUT2D eigenvalue weighted by Gasteiger charge is -2.14. The number of nitrogens with two attached hydrogens (primary N) is 2. The van der Waals surface area contributed by atoms with Gasteiger partial charge in [-0.25, -0.2) is 14.5 Å². The van der Waals surface area contributed by atoms with Crippen LogP contribution in [0.1, 0.15) is 47.1 Å². The molecule has 0 aliphatic heterocycles. The van der Waals surface area contributed by atoms with Crippen molar-refractivity contribution in [3.8, 4) is 0 Å². The van der Waals surface area contributed by atoms with E-state index in [0.29, 0.717) is 34.2 Å². The number of anilines is 1. The van der Waals surface area contributed by atoms with Crippen LogP contribution in [-0.2, 0) is 24.2 Å². The van der Waals surface area contributed by atoms with Crippen LogP contribution in [0.4, 0.5) is 5.82 Å². The van der Waals surface area contributed by atoms with Gasteiger partial charge in [0.2, 0.25) is 0 Å². The summed E-state index contributed by atoms with van der Waals surface area (Å²) in [5.41, 5.74) is 16.0. The van der Waals surface area contributed by atoms with E-state index in [0.717, 1.165) is 41.7 Å². The maximum absolute atomic E-state index is 12.9. The number of unbranched alkanes of at least 4 members (excludes halogenated alkanes) is 1. The molecule has 0 atom stereocenters. The summed E-state index contributed by atoms with van der Waals surface area (Å²) in [5.74, 6) is 0.383. The quantitative estimate of drug-likeness (QED) is 0.262. The second-order valence-electron chi connectivity index (χ2n) is 7.84. The number of ether oxygens (including phenoxy) is 1. The number of nitrogen functional groups attached to an aromatic ring is 1. The summed E-state index contributed by atoms with van der Waals surface area (Å²) < 4.78 is 7.57. The van der Waals surface area contributed by atoms with E-state index in [-0.39, 0.29) is 11.4 Å². The molecule has 0 aliphatic rings. The smallest absolute Gasteiger partial charge is 0.338 e. The fourth-order valence-corrected chi connectivity index (χ4v) is 3.98. The standard InChI is InChI=1S/C24H27N5O3/c1-3-4-5-20-27-21-22(28(20)14-16-8-6-15(13-25)7-9-16)18-11-10-17(24(30)32-2)12-19(18)29(31)23(21)26/h6-12H,3-5,13-14,25-26H2,1-2H3. The molecule has 8 heteroatoms. The summed E-state index contributed by atoms with van der Waals surface area (Å²) in [4.78, 5) is 16.8. The molecule has 0 amide bonds. The number of aromatic nitrogens is 3. The number of imidazole rings is 1. The van der Waals surface area contributed by atoms with E-state index in [4.69, 9.17) is 21.2 Å². The monoisotopic (exact) mass is 433 g/mol. The van der Waals surface area contributed by atoms with Gasteiger partial charge in [-0.1, -0.05) is 37.6 Å². The molecule has 0 saturated heterocycles. The Morgan fingerprint density at radius 1 is 1.19 bits per heavy atom. The lowest BCUT2D eigenvalue weighted by atomic mass is 10.1. The Morgan fingerprint density at radius 3 is 2.56 bits per heavy atom. The van der Waals surface area contributed by atoms with E-state index < -0.39 is 5.97 Å². The highest BCUT2D eigenvalue weighted by atomic mass is 16.5. The van der Waals surface area contributed by atoms with Gasteiger partial charge in [-0.2, -0.15) is 0 Å². The zero-order chi connectivity index (χ0) is 22.8. The first-order valence-electron chi connectivity index (χ1n) is 10.7. The summed E-state index contributed by atoms with van der Waals surface area (Å²) in [6.07, 6.45) is 2.76.